The number of phenolic OH excluding ortho intramolecular Hbond substituents is 4. The molecule has 0 heterocycles. The van der Waals surface area contributed by atoms with E-state index in [4.69, 9.17) is 18.9 Å². The Morgan fingerprint density at radius 1 is 0.288 bits per heavy atom. The van der Waals surface area contributed by atoms with E-state index >= 15 is 0 Å². The molecule has 0 bridgehead atoms. The van der Waals surface area contributed by atoms with Gasteiger partial charge in [0, 0.05) is 101 Å². The van der Waals surface area contributed by atoms with Gasteiger partial charge in [0.1, 0.15) is 57.3 Å². The molecule has 0 radical (unpaired) electrons. The van der Waals surface area contributed by atoms with Crippen molar-refractivity contribution < 1.29 is 142 Å². The zero-order chi connectivity index (χ0) is 92.2. The summed E-state index contributed by atoms with van der Waals surface area (Å²) in [6, 6.07) is 51.3. The lowest BCUT2D eigenvalue weighted by molar-refractivity contribution is -0.480. The molecule has 0 atom stereocenters. The Bertz CT molecular complexity index is 6070. The van der Waals surface area contributed by atoms with E-state index in [1.165, 1.54) is 36.4 Å². The Morgan fingerprint density at radius 3 is 0.932 bits per heavy atom. The number of hydrogen-bond donors (Lipinski definition) is 12. The highest BCUT2D eigenvalue weighted by atomic mass is 79.9. The van der Waals surface area contributed by atoms with Crippen LogP contribution in [-0.4, -0.2) is 130 Å². The number of nitrogens with one attached hydrogen (secondary N) is 6. The smallest absolute Gasteiger partial charge is 0.408 e. The van der Waals surface area contributed by atoms with Crippen LogP contribution in [0.1, 0.15) is 152 Å². The summed E-state index contributed by atoms with van der Waals surface area (Å²) in [5.41, 5.74) is 6.39. The van der Waals surface area contributed by atoms with Gasteiger partial charge in [-0.1, -0.05) is 113 Å². The van der Waals surface area contributed by atoms with Crippen LogP contribution in [-0.2, 0) is 25.5 Å². The van der Waals surface area contributed by atoms with Gasteiger partial charge in [-0.05, 0) is 178 Å². The maximum atomic E-state index is 13.6. The van der Waals surface area contributed by atoms with Crippen molar-refractivity contribution in [1.29, 1.82) is 0 Å². The molecule has 4 aliphatic carbocycles. The zero-order valence-electron chi connectivity index (χ0n) is 67.8. The normalized spacial score (nSPS) is 12.2. The largest absolute Gasteiger partial charge is 1.00 e. The number of carbonyl (C=O) groups excluding carboxylic acids is 12. The number of rotatable bonds is 27. The molecule has 28 nitrogen and oxygen atoms in total. The van der Waals surface area contributed by atoms with Crippen molar-refractivity contribution in [3.63, 3.8) is 0 Å². The van der Waals surface area contributed by atoms with Gasteiger partial charge in [0.25, 0.3) is 0 Å². The molecular weight excluding hydrogens is 2360 g/mol. The predicted molar refractivity (Wildman–Crippen MR) is 505 cm³/mol. The third-order valence-electron chi connectivity index (χ3n) is 21.2. The number of quaternary nitrogens is 2. The number of ketones is 8. The fourth-order valence-electron chi connectivity index (χ4n) is 14.9. The Labute approximate surface area is 838 Å². The van der Waals surface area contributed by atoms with Crippen LogP contribution in [0.2, 0.25) is 0 Å². The number of fused-ring (bicyclic) bond motifs is 8. The minimum absolute atomic E-state index is 0. The molecule has 14 N–H and O–H groups in total. The molecule has 0 spiro atoms. The second kappa shape index (κ2) is 42.7. The number of carbonyl (C=O) groups is 12. The van der Waals surface area contributed by atoms with Crippen LogP contribution >= 0.6 is 127 Å². The first-order valence-electron chi connectivity index (χ1n) is 39.4. The van der Waals surface area contributed by atoms with Crippen LogP contribution in [0.4, 0.5) is 50.3 Å². The SMILES string of the molecule is O=C(CCOc1cc(Nc2ccc(O)c3c2C(=O)c2ccccc2C3=O)c(Br)cc1Br)NCNC(=O)CCOc1cc(Nc2ccc(O)c3c2C(=O)c2ccccc2C3=O)c(Br)cc1Br.O=C(CCOc1cc([NH2+]c2ccc(O)c3c2C(=O)c2ccccc2C3=O)c(Br)cc1Br)NCNC(=O)OCCc1cc([NH2+]c2ccc(O)c3c2C(=O)c2ccccc2C3=O)c(Br)cc1Br.[Br-].[Br-]. The Hall–Kier alpha value is -11.4. The second-order valence-corrected chi connectivity index (χ2v) is 36.1. The highest BCUT2D eigenvalue weighted by Gasteiger charge is 2.40. The summed E-state index contributed by atoms with van der Waals surface area (Å²) in [4.78, 5) is 158. The summed E-state index contributed by atoms with van der Waals surface area (Å²) >= 11 is 28.1. The van der Waals surface area contributed by atoms with E-state index in [9.17, 15) is 78.0 Å². The van der Waals surface area contributed by atoms with Gasteiger partial charge < -0.3 is 105 Å². The Balaban J connectivity index is 0.000000221. The molecule has 672 valence electrons. The summed E-state index contributed by atoms with van der Waals surface area (Å²) in [5.74, 6) is -4.60. The molecular formula is C94H66Br10N8O20. The molecule has 0 saturated heterocycles. The van der Waals surface area contributed by atoms with Crippen LogP contribution < -0.4 is 90.7 Å². The lowest BCUT2D eigenvalue weighted by Gasteiger charge is -2.22. The summed E-state index contributed by atoms with van der Waals surface area (Å²) in [6.45, 7) is -0.428. The monoisotopic (exact) mass is 2420 g/mol. The van der Waals surface area contributed by atoms with Crippen molar-refractivity contribution in [1.82, 2.24) is 21.3 Å². The molecule has 132 heavy (non-hydrogen) atoms. The van der Waals surface area contributed by atoms with E-state index in [1.54, 1.807) is 156 Å². The number of alkyl carbamates (subject to hydrolysis) is 1. The molecule has 0 unspecified atom stereocenters. The molecule has 0 fully saturated rings. The lowest BCUT2D eigenvalue weighted by Crippen LogP contribution is -3.00. The molecule has 0 aliphatic heterocycles. The van der Waals surface area contributed by atoms with Crippen LogP contribution in [0.3, 0.4) is 0 Å². The molecule has 0 saturated carbocycles. The van der Waals surface area contributed by atoms with Crippen molar-refractivity contribution in [3.8, 4) is 40.2 Å². The van der Waals surface area contributed by atoms with Gasteiger partial charge in [-0.3, -0.25) is 63.4 Å². The molecule has 4 aliphatic rings. The van der Waals surface area contributed by atoms with Gasteiger partial charge in [-0.2, -0.15) is 0 Å². The molecule has 12 aromatic rings. The predicted octanol–water partition coefficient (Wildman–Crippen LogP) is 11.2. The number of phenols is 4. The van der Waals surface area contributed by atoms with E-state index < -0.39 is 58.5 Å². The summed E-state index contributed by atoms with van der Waals surface area (Å²) in [6.07, 6.45) is -0.608. The third-order valence-corrected chi connectivity index (χ3v) is 26.4. The maximum Gasteiger partial charge on any atom is 0.408 e. The number of amides is 4. The minimum atomic E-state index is -0.756. The standard InChI is InChI=1S/2C47H32Br4N4O10.2BrH/c48-27-18-28(49)33(54-31-9-11-35(56)41-39(31)43(59)23-5-1-3-7-25(23)45(41)61)17-22(27)13-15-65-47(63)53-21-52-38(58)14-16-64-37-20-34(29(50)19-30(37)51)55-32-10-12-36(57)42-40(32)44(60)24-6-2-4-8-26(24)46(42)62;48-26-17-28(50)36(19-32(26)54-30-9-11-34(56)42-40(30)44(60)22-5-1-3-7-24(22)46(42)62)64-15-13-38(58)52-21-53-39(59)14-16-65-37-20-33(27(49)18-29(37)51)55-31-10-12-35(57)43-41(31)45(61)23-6-2-4-8-25(23)47(43)63;;/h1-12,17-20,54-57H,13-16,21H2,(H,52,58)(H,53,63);1-12,17-20,54-57H,13-16,21H2,(H,52,58)(H,53,59);2*1H. The van der Waals surface area contributed by atoms with E-state index in [2.05, 4.69) is 159 Å². The first-order valence-corrected chi connectivity index (χ1v) is 45.7. The number of nitrogens with two attached hydrogens (primary N) is 2. The van der Waals surface area contributed by atoms with Crippen molar-refractivity contribution in [2.75, 3.05) is 50.4 Å². The fraction of sp³-hybridized carbons (Fsp3) is 0.106. The molecule has 4 amide bonds. The van der Waals surface area contributed by atoms with Crippen LogP contribution in [0.5, 0.6) is 40.2 Å². The van der Waals surface area contributed by atoms with E-state index in [0.29, 0.717) is 100 Å². The summed E-state index contributed by atoms with van der Waals surface area (Å²) in [5, 5.41) is 62.5. The highest BCUT2D eigenvalue weighted by molar-refractivity contribution is 9.12. The number of ether oxygens (including phenoxy) is 4. The minimum Gasteiger partial charge on any atom is -1.00 e. The zero-order valence-corrected chi connectivity index (χ0v) is 83.7. The average Bonchev–Trinajstić information content (AvgIpc) is 0.755. The van der Waals surface area contributed by atoms with Crippen molar-refractivity contribution >= 4 is 243 Å². The molecule has 38 heteroatoms. The van der Waals surface area contributed by atoms with Gasteiger partial charge in [-0.25, -0.2) is 4.79 Å². The average molecular weight is 2430 g/mol. The van der Waals surface area contributed by atoms with Gasteiger partial charge >= 0.3 is 6.09 Å². The van der Waals surface area contributed by atoms with Crippen LogP contribution in [0.15, 0.2) is 230 Å². The van der Waals surface area contributed by atoms with Crippen LogP contribution in [0, 0.1) is 0 Å². The van der Waals surface area contributed by atoms with Crippen molar-refractivity contribution in [2.24, 2.45) is 0 Å². The number of benzene rings is 12. The van der Waals surface area contributed by atoms with Gasteiger partial charge in [0.15, 0.2) is 40.4 Å². The highest BCUT2D eigenvalue weighted by Crippen LogP contribution is 2.46. The first-order chi connectivity index (χ1) is 62.4. The van der Waals surface area contributed by atoms with Crippen molar-refractivity contribution in [3.05, 3.63) is 324 Å². The summed E-state index contributed by atoms with van der Waals surface area (Å²) < 4.78 is 28.0. The van der Waals surface area contributed by atoms with Gasteiger partial charge in [-0.15, -0.1) is 0 Å². The second-order valence-electron chi connectivity index (χ2n) is 29.3. The van der Waals surface area contributed by atoms with E-state index in [0.717, 1.165) is 10.0 Å². The van der Waals surface area contributed by atoms with Crippen LogP contribution in [0.25, 0.3) is 0 Å². The van der Waals surface area contributed by atoms with E-state index in [1.807, 2.05) is 12.1 Å². The number of anilines is 4. The number of aromatic hydroxyl groups is 4. The van der Waals surface area contributed by atoms with E-state index in [-0.39, 0.29) is 217 Å². The number of halogens is 10. The van der Waals surface area contributed by atoms with Gasteiger partial charge in [0.2, 0.25) is 29.3 Å². The first kappa shape index (κ1) is 98.1. The maximum absolute atomic E-state index is 13.6. The molecule has 0 aromatic heterocycles. The topological polar surface area (TPSA) is 428 Å². The Kier molecular flexibility index (Phi) is 31.7. The Morgan fingerprint density at radius 2 is 0.576 bits per heavy atom. The molecule has 16 rings (SSSR count). The lowest BCUT2D eigenvalue weighted by atomic mass is 9.82. The molecule has 12 aromatic carbocycles. The van der Waals surface area contributed by atoms with Gasteiger partial charge in [0.05, 0.1) is 149 Å². The number of hydrogen-bond acceptors (Lipinski definition) is 22. The quantitative estimate of drug-likeness (QED) is 0.0129. The third kappa shape index (κ3) is 20.8. The van der Waals surface area contributed by atoms with Crippen molar-refractivity contribution in [2.45, 2.75) is 25.7 Å². The fourth-order valence-corrected chi connectivity index (χ4v) is 19.8. The summed E-state index contributed by atoms with van der Waals surface area (Å²) in [7, 11) is 0.